The number of rotatable bonds is 3. The van der Waals surface area contributed by atoms with Gasteiger partial charge in [-0.2, -0.15) is 5.10 Å². The molecule has 2 aliphatic rings. The van der Waals surface area contributed by atoms with E-state index in [1.165, 1.54) is 17.4 Å². The number of nitrogens with zero attached hydrogens (tertiary/aromatic N) is 5. The molecule has 30 heavy (non-hydrogen) atoms. The molecule has 1 aromatic heterocycles. The first-order chi connectivity index (χ1) is 14.3. The van der Waals surface area contributed by atoms with Crippen LogP contribution in [-0.4, -0.2) is 32.6 Å². The lowest BCUT2D eigenvalue weighted by Gasteiger charge is -2.55. The number of amides is 1. The molecule has 2 atom stereocenters. The van der Waals surface area contributed by atoms with E-state index >= 15 is 0 Å². The number of fused-ring (bicyclic) bond motifs is 1. The molecule has 0 radical (unpaired) electrons. The van der Waals surface area contributed by atoms with Crippen molar-refractivity contribution in [3.8, 4) is 0 Å². The van der Waals surface area contributed by atoms with Crippen molar-refractivity contribution in [2.45, 2.75) is 31.3 Å². The summed E-state index contributed by atoms with van der Waals surface area (Å²) in [5, 5.41) is 17.4. The number of carbonyl (C=O) groups excluding carboxylic acids is 1. The Hall–Kier alpha value is -3.04. The van der Waals surface area contributed by atoms with E-state index < -0.39 is 16.0 Å². The van der Waals surface area contributed by atoms with Crippen molar-refractivity contribution in [1.82, 2.24) is 4.98 Å². The minimum atomic E-state index is -0.930. The van der Waals surface area contributed by atoms with Gasteiger partial charge < -0.3 is 0 Å². The fraction of sp³-hybridized carbons (Fsp3) is 0.250. The van der Waals surface area contributed by atoms with Gasteiger partial charge in [-0.3, -0.25) is 19.8 Å². The van der Waals surface area contributed by atoms with Crippen LogP contribution in [0.15, 0.2) is 47.6 Å². The number of hydrogen-bond donors (Lipinski definition) is 0. The predicted octanol–water partition coefficient (Wildman–Crippen LogP) is 4.45. The smallest absolute Gasteiger partial charge is 0.272 e. The van der Waals surface area contributed by atoms with Gasteiger partial charge in [-0.15, -0.1) is 11.6 Å². The first kappa shape index (κ1) is 19.0. The fourth-order valence-electron chi connectivity index (χ4n) is 4.06. The van der Waals surface area contributed by atoms with Crippen LogP contribution in [0, 0.1) is 17.0 Å². The molecule has 2 aliphatic heterocycles. The number of hydrogen-bond acceptors (Lipinski definition) is 7. The number of thiazole rings is 1. The van der Waals surface area contributed by atoms with Crippen LogP contribution in [-0.2, 0) is 4.79 Å². The standard InChI is InChI=1S/C20H16ClN5O3S/c1-11-6-8-13(9-7-11)25-20(10-12(2)23-25)17(21)18(27)24(20)19-22-16-14(26(28)29)4-3-5-15(16)30-19/h3-9,17H,10H2,1-2H3. The minimum Gasteiger partial charge on any atom is -0.272 e. The zero-order valence-corrected chi connectivity index (χ0v) is 17.6. The van der Waals surface area contributed by atoms with Gasteiger partial charge in [0.05, 0.1) is 15.3 Å². The Kier molecular flexibility index (Phi) is 4.09. The zero-order valence-electron chi connectivity index (χ0n) is 16.1. The van der Waals surface area contributed by atoms with Crippen LogP contribution in [0.5, 0.6) is 0 Å². The topological polar surface area (TPSA) is 91.9 Å². The molecule has 152 valence electrons. The van der Waals surface area contributed by atoms with Crippen molar-refractivity contribution < 1.29 is 9.72 Å². The van der Waals surface area contributed by atoms with Crippen LogP contribution in [0.2, 0.25) is 0 Å². The second-order valence-electron chi connectivity index (χ2n) is 7.45. The number of aryl methyl sites for hydroxylation is 1. The Morgan fingerprint density at radius 1 is 1.23 bits per heavy atom. The molecule has 0 aliphatic carbocycles. The van der Waals surface area contributed by atoms with Crippen LogP contribution in [0.3, 0.4) is 0 Å². The lowest BCUT2D eigenvalue weighted by Crippen LogP contribution is -2.78. The van der Waals surface area contributed by atoms with Crippen molar-refractivity contribution >= 4 is 61.3 Å². The van der Waals surface area contributed by atoms with E-state index in [9.17, 15) is 14.9 Å². The highest BCUT2D eigenvalue weighted by Gasteiger charge is 2.67. The molecule has 1 fully saturated rings. The summed E-state index contributed by atoms with van der Waals surface area (Å²) in [4.78, 5) is 29.8. The van der Waals surface area contributed by atoms with Crippen molar-refractivity contribution in [3.05, 3.63) is 58.1 Å². The van der Waals surface area contributed by atoms with Gasteiger partial charge in [-0.25, -0.2) is 9.99 Å². The molecule has 1 saturated heterocycles. The number of nitro groups is 1. The van der Waals surface area contributed by atoms with Crippen molar-refractivity contribution in [2.24, 2.45) is 5.10 Å². The summed E-state index contributed by atoms with van der Waals surface area (Å²) in [6.07, 6.45) is 0.457. The molecule has 5 rings (SSSR count). The van der Waals surface area contributed by atoms with E-state index in [1.807, 2.05) is 38.1 Å². The maximum absolute atomic E-state index is 12.9. The predicted molar refractivity (Wildman–Crippen MR) is 118 cm³/mol. The monoisotopic (exact) mass is 441 g/mol. The molecule has 0 saturated carbocycles. The van der Waals surface area contributed by atoms with Gasteiger partial charge >= 0.3 is 0 Å². The van der Waals surface area contributed by atoms with Crippen LogP contribution < -0.4 is 9.91 Å². The Labute approximate surface area is 180 Å². The second kappa shape index (κ2) is 6.48. The SMILES string of the molecule is CC1=NN(c2ccc(C)cc2)C2(C1)C(Cl)C(=O)N2c1nc2c([N+](=O)[O-])cccc2s1. The number of hydrazone groups is 1. The summed E-state index contributed by atoms with van der Waals surface area (Å²) < 4.78 is 0.637. The van der Waals surface area contributed by atoms with E-state index in [-0.39, 0.29) is 17.1 Å². The number of anilines is 2. The Morgan fingerprint density at radius 3 is 2.67 bits per heavy atom. The van der Waals surface area contributed by atoms with E-state index in [4.69, 9.17) is 11.6 Å². The van der Waals surface area contributed by atoms with Crippen molar-refractivity contribution in [3.63, 3.8) is 0 Å². The summed E-state index contributed by atoms with van der Waals surface area (Å²) in [7, 11) is 0. The summed E-state index contributed by atoms with van der Waals surface area (Å²) in [5.74, 6) is -0.291. The molecule has 10 heteroatoms. The van der Waals surface area contributed by atoms with Crippen molar-refractivity contribution in [2.75, 3.05) is 9.91 Å². The number of non-ortho nitro benzene ring substituents is 1. The number of para-hydroxylation sites is 1. The number of nitro benzene ring substituents is 1. The molecule has 8 nitrogen and oxygen atoms in total. The Balaban J connectivity index is 1.64. The Bertz CT molecular complexity index is 1240. The second-order valence-corrected chi connectivity index (χ2v) is 8.90. The molecule has 1 amide bonds. The summed E-state index contributed by atoms with van der Waals surface area (Å²) in [5.41, 5.74) is 2.00. The fourth-order valence-corrected chi connectivity index (χ4v) is 5.49. The summed E-state index contributed by atoms with van der Waals surface area (Å²) in [6.45, 7) is 3.89. The van der Waals surface area contributed by atoms with Gasteiger partial charge in [0, 0.05) is 18.2 Å². The third-order valence-electron chi connectivity index (χ3n) is 5.44. The maximum atomic E-state index is 12.9. The van der Waals surface area contributed by atoms with E-state index in [2.05, 4.69) is 10.1 Å². The minimum absolute atomic E-state index is 0.0892. The van der Waals surface area contributed by atoms with Gasteiger partial charge in [-0.05, 0) is 32.0 Å². The van der Waals surface area contributed by atoms with Crippen LogP contribution in [0.4, 0.5) is 16.5 Å². The van der Waals surface area contributed by atoms with Crippen LogP contribution in [0.1, 0.15) is 18.9 Å². The lowest BCUT2D eigenvalue weighted by atomic mass is 9.88. The molecule has 3 heterocycles. The number of carbonyl (C=O) groups is 1. The highest BCUT2D eigenvalue weighted by Crippen LogP contribution is 2.51. The largest absolute Gasteiger partial charge is 0.296 e. The van der Waals surface area contributed by atoms with Crippen molar-refractivity contribution in [1.29, 1.82) is 0 Å². The van der Waals surface area contributed by atoms with Gasteiger partial charge in [0.15, 0.2) is 21.7 Å². The molecule has 0 bridgehead atoms. The lowest BCUT2D eigenvalue weighted by molar-refractivity contribution is -0.383. The highest BCUT2D eigenvalue weighted by atomic mass is 35.5. The van der Waals surface area contributed by atoms with E-state index in [0.717, 1.165) is 17.0 Å². The number of aromatic nitrogens is 1. The van der Waals surface area contributed by atoms with Gasteiger partial charge in [0.25, 0.3) is 11.6 Å². The van der Waals surface area contributed by atoms with Crippen LogP contribution in [0.25, 0.3) is 10.2 Å². The molecule has 2 unspecified atom stereocenters. The number of halogens is 1. The van der Waals surface area contributed by atoms with E-state index in [0.29, 0.717) is 16.3 Å². The summed E-state index contributed by atoms with van der Waals surface area (Å²) in [6, 6.07) is 12.6. The third kappa shape index (κ3) is 2.48. The van der Waals surface area contributed by atoms with Gasteiger partial charge in [-0.1, -0.05) is 35.1 Å². The maximum Gasteiger partial charge on any atom is 0.296 e. The molecule has 0 N–H and O–H groups in total. The average molecular weight is 442 g/mol. The normalized spacial score (nSPS) is 23.2. The number of benzene rings is 2. The first-order valence-electron chi connectivity index (χ1n) is 9.26. The quantitative estimate of drug-likeness (QED) is 0.259. The average Bonchev–Trinajstić information content (AvgIpc) is 3.30. The number of β-lactam (4-membered cyclic amide) rings is 1. The van der Waals surface area contributed by atoms with Crippen LogP contribution >= 0.6 is 22.9 Å². The molecule has 2 aromatic carbocycles. The molecule has 3 aromatic rings. The third-order valence-corrected chi connectivity index (χ3v) is 6.98. The van der Waals surface area contributed by atoms with Gasteiger partial charge in [0.1, 0.15) is 0 Å². The number of alkyl halides is 1. The zero-order chi connectivity index (χ0) is 21.2. The highest BCUT2D eigenvalue weighted by molar-refractivity contribution is 7.22. The molecular weight excluding hydrogens is 426 g/mol. The van der Waals surface area contributed by atoms with Gasteiger partial charge in [0.2, 0.25) is 0 Å². The molecule has 1 spiro atoms. The molecular formula is C20H16ClN5O3S. The first-order valence-corrected chi connectivity index (χ1v) is 10.5. The summed E-state index contributed by atoms with van der Waals surface area (Å²) >= 11 is 7.82. The Morgan fingerprint density at radius 2 is 1.97 bits per heavy atom. The van der Waals surface area contributed by atoms with E-state index in [1.54, 1.807) is 22.0 Å².